The van der Waals surface area contributed by atoms with E-state index in [0.717, 1.165) is 22.7 Å². The predicted molar refractivity (Wildman–Crippen MR) is 221 cm³/mol. The minimum absolute atomic E-state index is 1.10. The van der Waals surface area contributed by atoms with E-state index in [-0.39, 0.29) is 0 Å². The van der Waals surface area contributed by atoms with Gasteiger partial charge in [-0.2, -0.15) is 0 Å². The van der Waals surface area contributed by atoms with E-state index in [1.165, 1.54) is 65.6 Å². The summed E-state index contributed by atoms with van der Waals surface area (Å²) in [5, 5.41) is 7.42. The third-order valence-electron chi connectivity index (χ3n) is 10.3. The number of hydrogen-bond donors (Lipinski definition) is 0. The average Bonchev–Trinajstić information content (AvgIpc) is 3.56. The van der Waals surface area contributed by atoms with Gasteiger partial charge in [-0.3, -0.25) is 0 Å². The number of fused-ring (bicyclic) bond motifs is 5. The molecule has 0 unspecified atom stereocenters. The van der Waals surface area contributed by atoms with Crippen LogP contribution < -0.4 is 4.90 Å². The molecule has 0 saturated carbocycles. The van der Waals surface area contributed by atoms with Gasteiger partial charge in [-0.1, -0.05) is 146 Å². The largest absolute Gasteiger partial charge is 0.310 e. The third kappa shape index (κ3) is 5.04. The summed E-state index contributed by atoms with van der Waals surface area (Å²) in [5.41, 5.74) is 11.7. The first-order valence-corrected chi connectivity index (χ1v) is 17.9. The standard InChI is InChI=1S/C50H34N2/c1-2-20-41(21-3-1)52-48-27-9-8-25-46(48)50-45(26-13-29-49(50)52)40-19-11-23-43(34-40)51(47-28-12-17-36-15-6-7-24-44(36)47)42-22-10-18-38(33-42)39-31-30-35-14-4-5-16-37(35)32-39/h1-34H. The second-order valence-corrected chi connectivity index (χ2v) is 13.4. The Hall–Kier alpha value is -6.90. The van der Waals surface area contributed by atoms with Crippen molar-refractivity contribution in [2.75, 3.05) is 4.90 Å². The zero-order valence-electron chi connectivity index (χ0n) is 28.5. The Morgan fingerprint density at radius 2 is 0.942 bits per heavy atom. The van der Waals surface area contributed by atoms with Crippen LogP contribution in [-0.4, -0.2) is 4.57 Å². The molecule has 10 rings (SSSR count). The lowest BCUT2D eigenvalue weighted by Gasteiger charge is -2.28. The van der Waals surface area contributed by atoms with Crippen LogP contribution in [0.25, 0.3) is 71.3 Å². The van der Waals surface area contributed by atoms with Crippen molar-refractivity contribution in [2.24, 2.45) is 0 Å². The van der Waals surface area contributed by atoms with Crippen LogP contribution in [0.2, 0.25) is 0 Å². The Morgan fingerprint density at radius 3 is 1.79 bits per heavy atom. The van der Waals surface area contributed by atoms with Crippen LogP contribution in [-0.2, 0) is 0 Å². The molecule has 9 aromatic carbocycles. The highest BCUT2D eigenvalue weighted by molar-refractivity contribution is 6.16. The molecule has 0 aliphatic carbocycles. The fourth-order valence-electron chi connectivity index (χ4n) is 7.95. The molecule has 10 aromatic rings. The fourth-order valence-corrected chi connectivity index (χ4v) is 7.95. The molecule has 0 bridgehead atoms. The SMILES string of the molecule is c1ccc(-n2c3ccccc3c3c(-c4cccc(N(c5cccc(-c6ccc7ccccc7c6)c5)c5cccc6ccccc56)c4)cccc32)cc1. The minimum atomic E-state index is 1.10. The predicted octanol–water partition coefficient (Wildman–Crippen LogP) is 13.9. The summed E-state index contributed by atoms with van der Waals surface area (Å²) >= 11 is 0. The van der Waals surface area contributed by atoms with Crippen LogP contribution in [0.1, 0.15) is 0 Å². The van der Waals surface area contributed by atoms with Crippen molar-refractivity contribution in [1.82, 2.24) is 4.57 Å². The molecule has 0 fully saturated rings. The van der Waals surface area contributed by atoms with Crippen molar-refractivity contribution in [2.45, 2.75) is 0 Å². The number of aromatic nitrogens is 1. The van der Waals surface area contributed by atoms with Crippen LogP contribution >= 0.6 is 0 Å². The van der Waals surface area contributed by atoms with E-state index < -0.39 is 0 Å². The molecule has 0 spiro atoms. The summed E-state index contributed by atoms with van der Waals surface area (Å²) < 4.78 is 2.39. The quantitative estimate of drug-likeness (QED) is 0.172. The number of para-hydroxylation sites is 2. The Balaban J connectivity index is 1.18. The zero-order chi connectivity index (χ0) is 34.4. The fraction of sp³-hybridized carbons (Fsp3) is 0. The summed E-state index contributed by atoms with van der Waals surface area (Å²) in [4.78, 5) is 2.42. The molecule has 244 valence electrons. The van der Waals surface area contributed by atoms with E-state index in [1.54, 1.807) is 0 Å². The van der Waals surface area contributed by atoms with Crippen LogP contribution in [0.3, 0.4) is 0 Å². The topological polar surface area (TPSA) is 8.17 Å². The lowest BCUT2D eigenvalue weighted by Crippen LogP contribution is -2.10. The lowest BCUT2D eigenvalue weighted by atomic mass is 9.98. The number of rotatable bonds is 6. The summed E-state index contributed by atoms with van der Waals surface area (Å²) in [5.74, 6) is 0. The highest BCUT2D eigenvalue weighted by Gasteiger charge is 2.19. The van der Waals surface area contributed by atoms with E-state index >= 15 is 0 Å². The van der Waals surface area contributed by atoms with Gasteiger partial charge in [-0.05, 0) is 99.1 Å². The first-order chi connectivity index (χ1) is 25.8. The number of benzene rings is 9. The molecule has 0 atom stereocenters. The van der Waals surface area contributed by atoms with Crippen LogP contribution in [0.15, 0.2) is 206 Å². The first kappa shape index (κ1) is 30.0. The highest BCUT2D eigenvalue weighted by Crippen LogP contribution is 2.43. The summed E-state index contributed by atoms with van der Waals surface area (Å²) in [6.07, 6.45) is 0. The number of hydrogen-bond acceptors (Lipinski definition) is 1. The smallest absolute Gasteiger partial charge is 0.0547 e. The van der Waals surface area contributed by atoms with Gasteiger partial charge in [0.2, 0.25) is 0 Å². The van der Waals surface area contributed by atoms with Crippen molar-refractivity contribution < 1.29 is 0 Å². The number of anilines is 3. The highest BCUT2D eigenvalue weighted by atomic mass is 15.1. The van der Waals surface area contributed by atoms with E-state index in [0.29, 0.717) is 0 Å². The maximum absolute atomic E-state index is 2.42. The Bertz CT molecular complexity index is 2910. The number of nitrogens with zero attached hydrogens (tertiary/aromatic N) is 2. The third-order valence-corrected chi connectivity index (χ3v) is 10.3. The monoisotopic (exact) mass is 662 g/mol. The molecule has 2 heteroatoms. The van der Waals surface area contributed by atoms with E-state index in [4.69, 9.17) is 0 Å². The van der Waals surface area contributed by atoms with Crippen molar-refractivity contribution in [3.8, 4) is 27.9 Å². The van der Waals surface area contributed by atoms with Gasteiger partial charge in [0.1, 0.15) is 0 Å². The van der Waals surface area contributed by atoms with Crippen LogP contribution in [0.5, 0.6) is 0 Å². The molecule has 0 N–H and O–H groups in total. The summed E-state index contributed by atoms with van der Waals surface area (Å²) in [7, 11) is 0. The van der Waals surface area contributed by atoms with Gasteiger partial charge in [0, 0.05) is 33.2 Å². The lowest BCUT2D eigenvalue weighted by molar-refractivity contribution is 1.18. The summed E-state index contributed by atoms with van der Waals surface area (Å²) in [6, 6.07) is 74.7. The van der Waals surface area contributed by atoms with Crippen LogP contribution in [0.4, 0.5) is 17.1 Å². The minimum Gasteiger partial charge on any atom is -0.310 e. The zero-order valence-corrected chi connectivity index (χ0v) is 28.5. The Labute approximate surface area is 303 Å². The van der Waals surface area contributed by atoms with Gasteiger partial charge in [0.15, 0.2) is 0 Å². The molecule has 2 nitrogen and oxygen atoms in total. The van der Waals surface area contributed by atoms with E-state index in [1.807, 2.05) is 0 Å². The van der Waals surface area contributed by atoms with E-state index in [2.05, 4.69) is 216 Å². The average molecular weight is 663 g/mol. The molecule has 0 aliphatic rings. The van der Waals surface area contributed by atoms with E-state index in [9.17, 15) is 0 Å². The Morgan fingerprint density at radius 1 is 0.346 bits per heavy atom. The van der Waals surface area contributed by atoms with Crippen molar-refractivity contribution >= 4 is 60.4 Å². The molecule has 0 amide bonds. The second kappa shape index (κ2) is 12.5. The van der Waals surface area contributed by atoms with Crippen molar-refractivity contribution in [3.05, 3.63) is 206 Å². The first-order valence-electron chi connectivity index (χ1n) is 17.9. The maximum atomic E-state index is 2.42. The molecular formula is C50H34N2. The second-order valence-electron chi connectivity index (χ2n) is 13.4. The van der Waals surface area contributed by atoms with Gasteiger partial charge < -0.3 is 9.47 Å². The molecule has 0 aliphatic heterocycles. The van der Waals surface area contributed by atoms with Crippen LogP contribution in [0, 0.1) is 0 Å². The molecular weight excluding hydrogens is 629 g/mol. The normalized spacial score (nSPS) is 11.5. The van der Waals surface area contributed by atoms with Gasteiger partial charge in [-0.25, -0.2) is 0 Å². The molecule has 52 heavy (non-hydrogen) atoms. The Kier molecular flexibility index (Phi) is 7.18. The molecule has 1 heterocycles. The molecule has 0 radical (unpaired) electrons. The molecule has 1 aromatic heterocycles. The maximum Gasteiger partial charge on any atom is 0.0547 e. The van der Waals surface area contributed by atoms with Crippen molar-refractivity contribution in [3.63, 3.8) is 0 Å². The van der Waals surface area contributed by atoms with Gasteiger partial charge in [0.05, 0.1) is 16.7 Å². The van der Waals surface area contributed by atoms with Gasteiger partial charge >= 0.3 is 0 Å². The van der Waals surface area contributed by atoms with Gasteiger partial charge in [-0.15, -0.1) is 0 Å². The summed E-state index contributed by atoms with van der Waals surface area (Å²) in [6.45, 7) is 0. The van der Waals surface area contributed by atoms with Gasteiger partial charge in [0.25, 0.3) is 0 Å². The van der Waals surface area contributed by atoms with Crippen molar-refractivity contribution in [1.29, 1.82) is 0 Å². The molecule has 0 saturated heterocycles.